The van der Waals surface area contributed by atoms with Crippen LogP contribution in [0.3, 0.4) is 0 Å². The monoisotopic (exact) mass is 223 g/mol. The maximum absolute atomic E-state index is 9.29. The summed E-state index contributed by atoms with van der Waals surface area (Å²) in [5.74, 6) is 0.788. The number of piperidine rings is 1. The summed E-state index contributed by atoms with van der Waals surface area (Å²) in [4.78, 5) is 2.09. The van der Waals surface area contributed by atoms with Gasteiger partial charge in [0.05, 0.1) is 24.9 Å². The number of anilines is 1. The van der Waals surface area contributed by atoms with Crippen LogP contribution in [0, 0.1) is 0 Å². The average molecular weight is 223 g/mol. The molecule has 1 aliphatic heterocycles. The highest BCUT2D eigenvalue weighted by Crippen LogP contribution is 2.22. The van der Waals surface area contributed by atoms with Gasteiger partial charge in [-0.2, -0.15) is 5.10 Å². The lowest BCUT2D eigenvalue weighted by molar-refractivity contribution is 0.239. The molecule has 0 saturated carbocycles. The summed E-state index contributed by atoms with van der Waals surface area (Å²) in [7, 11) is 0. The second kappa shape index (κ2) is 5.23. The van der Waals surface area contributed by atoms with E-state index in [0.29, 0.717) is 5.69 Å². The number of hydrogen-bond acceptors (Lipinski definition) is 5. The molecule has 1 aromatic heterocycles. The summed E-state index contributed by atoms with van der Waals surface area (Å²) >= 11 is 0. The van der Waals surface area contributed by atoms with Gasteiger partial charge in [0.15, 0.2) is 5.82 Å². The van der Waals surface area contributed by atoms with Crippen LogP contribution in [0.2, 0.25) is 0 Å². The first-order valence-electron chi connectivity index (χ1n) is 5.66. The zero-order valence-electron chi connectivity index (χ0n) is 9.21. The molecular weight excluding hydrogens is 206 g/mol. The van der Waals surface area contributed by atoms with E-state index in [0.717, 1.165) is 31.6 Å². The molecule has 1 unspecified atom stereocenters. The van der Waals surface area contributed by atoms with Crippen molar-refractivity contribution in [2.24, 2.45) is 0 Å². The first-order valence-corrected chi connectivity index (χ1v) is 5.66. The van der Waals surface area contributed by atoms with Crippen LogP contribution in [0.15, 0.2) is 12.1 Å². The van der Waals surface area contributed by atoms with Gasteiger partial charge >= 0.3 is 0 Å². The molecular formula is C11H17N3O2. The third kappa shape index (κ3) is 2.31. The van der Waals surface area contributed by atoms with Gasteiger partial charge in [0, 0.05) is 6.54 Å². The Morgan fingerprint density at radius 1 is 1.25 bits per heavy atom. The van der Waals surface area contributed by atoms with Gasteiger partial charge < -0.3 is 15.1 Å². The van der Waals surface area contributed by atoms with Crippen molar-refractivity contribution < 1.29 is 10.2 Å². The second-order valence-electron chi connectivity index (χ2n) is 4.07. The van der Waals surface area contributed by atoms with E-state index in [-0.39, 0.29) is 19.3 Å². The number of rotatable bonds is 3. The largest absolute Gasteiger partial charge is 0.394 e. The van der Waals surface area contributed by atoms with Crippen LogP contribution in [-0.2, 0) is 6.61 Å². The van der Waals surface area contributed by atoms with Crippen LogP contribution in [0.25, 0.3) is 0 Å². The van der Waals surface area contributed by atoms with Crippen LogP contribution < -0.4 is 4.90 Å². The van der Waals surface area contributed by atoms with Gasteiger partial charge in [-0.25, -0.2) is 0 Å². The quantitative estimate of drug-likeness (QED) is 0.772. The number of nitrogens with zero attached hydrogens (tertiary/aromatic N) is 3. The number of aromatic nitrogens is 2. The molecule has 1 aliphatic rings. The van der Waals surface area contributed by atoms with Gasteiger partial charge in [-0.05, 0) is 31.4 Å². The summed E-state index contributed by atoms with van der Waals surface area (Å²) < 4.78 is 0. The molecule has 88 valence electrons. The van der Waals surface area contributed by atoms with Crippen LogP contribution in [0.5, 0.6) is 0 Å². The second-order valence-corrected chi connectivity index (χ2v) is 4.07. The minimum Gasteiger partial charge on any atom is -0.394 e. The summed E-state index contributed by atoms with van der Waals surface area (Å²) in [5, 5.41) is 26.2. The highest BCUT2D eigenvalue weighted by Gasteiger charge is 2.22. The molecule has 1 aromatic rings. The Morgan fingerprint density at radius 3 is 2.75 bits per heavy atom. The van der Waals surface area contributed by atoms with Crippen molar-refractivity contribution in [3.63, 3.8) is 0 Å². The predicted octanol–water partition coefficient (Wildman–Crippen LogP) is 0.320. The van der Waals surface area contributed by atoms with Crippen LogP contribution in [0.1, 0.15) is 25.0 Å². The minimum atomic E-state index is -0.0866. The molecule has 0 aromatic carbocycles. The van der Waals surface area contributed by atoms with Crippen molar-refractivity contribution in [2.75, 3.05) is 18.1 Å². The first kappa shape index (κ1) is 11.3. The number of aliphatic hydroxyl groups excluding tert-OH is 2. The van der Waals surface area contributed by atoms with E-state index >= 15 is 0 Å². The molecule has 0 amide bonds. The van der Waals surface area contributed by atoms with E-state index in [2.05, 4.69) is 15.1 Å². The Morgan fingerprint density at radius 2 is 2.12 bits per heavy atom. The third-order valence-electron chi connectivity index (χ3n) is 3.00. The molecule has 1 atom stereocenters. The molecule has 16 heavy (non-hydrogen) atoms. The summed E-state index contributed by atoms with van der Waals surface area (Å²) in [6.45, 7) is 0.985. The summed E-state index contributed by atoms with van der Waals surface area (Å²) in [5.41, 5.74) is 0.571. The zero-order chi connectivity index (χ0) is 11.4. The first-order chi connectivity index (χ1) is 7.85. The SMILES string of the molecule is OCc1ccc(N2CCCCC2CO)nn1. The predicted molar refractivity (Wildman–Crippen MR) is 60.0 cm³/mol. The maximum atomic E-state index is 9.29. The van der Waals surface area contributed by atoms with E-state index in [1.807, 2.05) is 6.07 Å². The lowest BCUT2D eigenvalue weighted by atomic mass is 10.0. The molecule has 2 N–H and O–H groups in total. The van der Waals surface area contributed by atoms with Crippen molar-refractivity contribution in [3.8, 4) is 0 Å². The Labute approximate surface area is 94.7 Å². The summed E-state index contributed by atoms with van der Waals surface area (Å²) in [6, 6.07) is 3.78. The van der Waals surface area contributed by atoms with Crippen molar-refractivity contribution >= 4 is 5.82 Å². The third-order valence-corrected chi connectivity index (χ3v) is 3.00. The van der Waals surface area contributed by atoms with Gasteiger partial charge in [0.2, 0.25) is 0 Å². The standard InChI is InChI=1S/C11H17N3O2/c15-7-9-4-5-11(13-12-9)14-6-2-1-3-10(14)8-16/h4-5,10,15-16H,1-3,6-8H2. The minimum absolute atomic E-state index is 0.0866. The number of hydrogen-bond donors (Lipinski definition) is 2. The zero-order valence-corrected chi connectivity index (χ0v) is 9.21. The lowest BCUT2D eigenvalue weighted by Crippen LogP contribution is -2.42. The Balaban J connectivity index is 2.14. The van der Waals surface area contributed by atoms with Crippen molar-refractivity contribution in [2.45, 2.75) is 31.9 Å². The molecule has 1 saturated heterocycles. The molecule has 1 fully saturated rings. The topological polar surface area (TPSA) is 69.5 Å². The molecule has 2 rings (SSSR count). The highest BCUT2D eigenvalue weighted by molar-refractivity contribution is 5.39. The smallest absolute Gasteiger partial charge is 0.151 e. The normalized spacial score (nSPS) is 21.1. The van der Waals surface area contributed by atoms with E-state index in [1.54, 1.807) is 6.07 Å². The fraction of sp³-hybridized carbons (Fsp3) is 0.636. The molecule has 0 aliphatic carbocycles. The molecule has 0 radical (unpaired) electrons. The van der Waals surface area contributed by atoms with Gasteiger partial charge in [-0.1, -0.05) is 0 Å². The maximum Gasteiger partial charge on any atom is 0.151 e. The lowest BCUT2D eigenvalue weighted by Gasteiger charge is -2.35. The Bertz CT molecular complexity index is 329. The van der Waals surface area contributed by atoms with Gasteiger partial charge in [0.1, 0.15) is 0 Å². The average Bonchev–Trinajstić information content (AvgIpc) is 2.39. The molecule has 5 heteroatoms. The number of aliphatic hydroxyl groups is 2. The van der Waals surface area contributed by atoms with Crippen molar-refractivity contribution in [3.05, 3.63) is 17.8 Å². The fourth-order valence-corrected chi connectivity index (χ4v) is 2.08. The molecule has 0 bridgehead atoms. The highest BCUT2D eigenvalue weighted by atomic mass is 16.3. The molecule has 0 spiro atoms. The van der Waals surface area contributed by atoms with E-state index < -0.39 is 0 Å². The van der Waals surface area contributed by atoms with Crippen LogP contribution >= 0.6 is 0 Å². The van der Waals surface area contributed by atoms with Crippen LogP contribution in [-0.4, -0.2) is 39.6 Å². The van der Waals surface area contributed by atoms with Crippen molar-refractivity contribution in [1.82, 2.24) is 10.2 Å². The van der Waals surface area contributed by atoms with Crippen LogP contribution in [0.4, 0.5) is 5.82 Å². The fourth-order valence-electron chi connectivity index (χ4n) is 2.08. The Hall–Kier alpha value is -1.20. The van der Waals surface area contributed by atoms with Gasteiger partial charge in [-0.3, -0.25) is 0 Å². The van der Waals surface area contributed by atoms with E-state index in [4.69, 9.17) is 5.11 Å². The molecule has 5 nitrogen and oxygen atoms in total. The van der Waals surface area contributed by atoms with Gasteiger partial charge in [0.25, 0.3) is 0 Å². The summed E-state index contributed by atoms with van der Waals surface area (Å²) in [6.07, 6.45) is 3.28. The Kier molecular flexibility index (Phi) is 3.69. The molecule has 2 heterocycles. The van der Waals surface area contributed by atoms with Gasteiger partial charge in [-0.15, -0.1) is 5.10 Å². The van der Waals surface area contributed by atoms with E-state index in [9.17, 15) is 5.11 Å². The van der Waals surface area contributed by atoms with E-state index in [1.165, 1.54) is 0 Å². The van der Waals surface area contributed by atoms with Crippen molar-refractivity contribution in [1.29, 1.82) is 0 Å².